The lowest BCUT2D eigenvalue weighted by molar-refractivity contribution is -0.124. The first-order valence-electron chi connectivity index (χ1n) is 11.4. The minimum atomic E-state index is -0.530. The summed E-state index contributed by atoms with van der Waals surface area (Å²) in [5.41, 5.74) is 3.59. The summed E-state index contributed by atoms with van der Waals surface area (Å²) in [6.45, 7) is 2.07. The Bertz CT molecular complexity index is 1160. The van der Waals surface area contributed by atoms with E-state index in [1.165, 1.54) is 0 Å². The Kier molecular flexibility index (Phi) is 6.87. The molecule has 6 nitrogen and oxygen atoms in total. The molecule has 0 spiro atoms. The Hall–Kier alpha value is -3.80. The Morgan fingerprint density at radius 3 is 2.12 bits per heavy atom. The van der Waals surface area contributed by atoms with Crippen molar-refractivity contribution in [3.8, 4) is 11.5 Å². The molecule has 0 N–H and O–H groups in total. The van der Waals surface area contributed by atoms with Crippen molar-refractivity contribution in [2.24, 2.45) is 5.92 Å². The predicted molar refractivity (Wildman–Crippen MR) is 134 cm³/mol. The van der Waals surface area contributed by atoms with E-state index < -0.39 is 12.0 Å². The van der Waals surface area contributed by atoms with Gasteiger partial charge in [-0.15, -0.1) is 0 Å². The Morgan fingerprint density at radius 1 is 0.941 bits per heavy atom. The molecule has 4 rings (SSSR count). The number of hydrogen-bond donors (Lipinski definition) is 0. The van der Waals surface area contributed by atoms with Crippen LogP contribution in [0, 0.1) is 5.92 Å². The molecule has 0 saturated carbocycles. The molecule has 0 bridgehead atoms. The van der Waals surface area contributed by atoms with E-state index in [0.717, 1.165) is 34.7 Å². The van der Waals surface area contributed by atoms with E-state index in [1.54, 1.807) is 31.1 Å². The molecule has 3 aromatic rings. The van der Waals surface area contributed by atoms with Crippen LogP contribution in [0.25, 0.3) is 0 Å². The summed E-state index contributed by atoms with van der Waals surface area (Å²) in [5, 5.41) is 0. The quantitative estimate of drug-likeness (QED) is 0.499. The van der Waals surface area contributed by atoms with Gasteiger partial charge in [0.05, 0.1) is 26.2 Å². The molecule has 176 valence electrons. The zero-order chi connectivity index (χ0) is 24.2. The molecule has 34 heavy (non-hydrogen) atoms. The minimum Gasteiger partial charge on any atom is -0.497 e. The Morgan fingerprint density at radius 2 is 1.53 bits per heavy atom. The topological polar surface area (TPSA) is 59.1 Å². The lowest BCUT2D eigenvalue weighted by atomic mass is 9.91. The molecule has 0 aliphatic carbocycles. The van der Waals surface area contributed by atoms with Gasteiger partial charge in [0.15, 0.2) is 0 Å². The van der Waals surface area contributed by atoms with Crippen LogP contribution in [-0.2, 0) is 16.0 Å². The van der Waals surface area contributed by atoms with Crippen LogP contribution >= 0.6 is 0 Å². The van der Waals surface area contributed by atoms with Crippen molar-refractivity contribution in [2.75, 3.05) is 31.1 Å². The number of ether oxygens (including phenoxy) is 2. The number of rotatable bonds is 7. The maximum Gasteiger partial charge on any atom is 0.232 e. The van der Waals surface area contributed by atoms with Gasteiger partial charge in [-0.3, -0.25) is 9.59 Å². The fourth-order valence-electron chi connectivity index (χ4n) is 4.69. The van der Waals surface area contributed by atoms with Crippen molar-refractivity contribution in [3.05, 3.63) is 83.9 Å². The molecule has 6 heteroatoms. The van der Waals surface area contributed by atoms with Crippen LogP contribution < -0.4 is 19.3 Å². The van der Waals surface area contributed by atoms with Crippen molar-refractivity contribution < 1.29 is 19.1 Å². The van der Waals surface area contributed by atoms with Crippen molar-refractivity contribution in [1.29, 1.82) is 0 Å². The molecule has 2 amide bonds. The highest BCUT2D eigenvalue weighted by Gasteiger charge is 2.46. The van der Waals surface area contributed by atoms with Crippen molar-refractivity contribution in [1.82, 2.24) is 0 Å². The van der Waals surface area contributed by atoms with Crippen molar-refractivity contribution in [3.63, 3.8) is 0 Å². The fourth-order valence-corrected chi connectivity index (χ4v) is 4.69. The number of benzene rings is 3. The number of carbonyl (C=O) groups excluding carboxylic acids is 2. The lowest BCUT2D eigenvalue weighted by Gasteiger charge is -2.31. The van der Waals surface area contributed by atoms with E-state index in [9.17, 15) is 9.59 Å². The van der Waals surface area contributed by atoms with Gasteiger partial charge < -0.3 is 19.3 Å². The molecule has 0 radical (unpaired) electrons. The first-order valence-corrected chi connectivity index (χ1v) is 11.4. The molecule has 2 atom stereocenters. The van der Waals surface area contributed by atoms with Gasteiger partial charge in [0.1, 0.15) is 11.5 Å². The molecule has 1 aliphatic heterocycles. The third kappa shape index (κ3) is 4.36. The highest BCUT2D eigenvalue weighted by atomic mass is 16.5. The fraction of sp³-hybridized carbons (Fsp3) is 0.286. The first kappa shape index (κ1) is 23.4. The van der Waals surface area contributed by atoms with Crippen molar-refractivity contribution >= 4 is 23.2 Å². The number of nitrogens with zero attached hydrogens (tertiary/aromatic N) is 2. The monoisotopic (exact) mass is 458 g/mol. The van der Waals surface area contributed by atoms with E-state index >= 15 is 0 Å². The molecular formula is C28H30N2O4. The smallest absolute Gasteiger partial charge is 0.232 e. The molecule has 0 unspecified atom stereocenters. The van der Waals surface area contributed by atoms with Crippen molar-refractivity contribution in [2.45, 2.75) is 25.8 Å². The van der Waals surface area contributed by atoms with Gasteiger partial charge in [0.25, 0.3) is 0 Å². The summed E-state index contributed by atoms with van der Waals surface area (Å²) < 4.78 is 10.6. The van der Waals surface area contributed by atoms with Crippen LogP contribution in [0.1, 0.15) is 30.5 Å². The van der Waals surface area contributed by atoms with Crippen LogP contribution in [-0.4, -0.2) is 33.1 Å². The number of aryl methyl sites for hydroxylation is 1. The number of para-hydroxylation sites is 1. The number of methoxy groups -OCH3 is 2. The average Bonchev–Trinajstić information content (AvgIpc) is 3.24. The van der Waals surface area contributed by atoms with E-state index in [4.69, 9.17) is 9.47 Å². The van der Waals surface area contributed by atoms with Crippen LogP contribution in [0.4, 0.5) is 11.4 Å². The molecule has 1 fully saturated rings. The second-order valence-corrected chi connectivity index (χ2v) is 8.37. The summed E-state index contributed by atoms with van der Waals surface area (Å²) in [4.78, 5) is 30.6. The maximum atomic E-state index is 13.8. The molecule has 1 heterocycles. The molecule has 1 aliphatic rings. The van der Waals surface area contributed by atoms with Gasteiger partial charge in [0.2, 0.25) is 11.8 Å². The maximum absolute atomic E-state index is 13.8. The summed E-state index contributed by atoms with van der Waals surface area (Å²) in [6, 6.07) is 22.4. The normalized spacial score (nSPS) is 17.5. The Balaban J connectivity index is 1.75. The Labute approximate surface area is 200 Å². The summed E-state index contributed by atoms with van der Waals surface area (Å²) in [6.07, 6.45) is 0.956. The van der Waals surface area contributed by atoms with Gasteiger partial charge in [-0.2, -0.15) is 0 Å². The second kappa shape index (κ2) is 10.00. The SMILES string of the molecule is CCc1ccccc1N(C)C(=O)[C@@H]1CC(=O)N(c2ccc(OC)cc2)[C@H]1c1ccc(OC)cc1. The van der Waals surface area contributed by atoms with Gasteiger partial charge in [-0.25, -0.2) is 0 Å². The third-order valence-electron chi connectivity index (χ3n) is 6.51. The zero-order valence-corrected chi connectivity index (χ0v) is 20.0. The second-order valence-electron chi connectivity index (χ2n) is 8.37. The molecule has 3 aromatic carbocycles. The predicted octanol–water partition coefficient (Wildman–Crippen LogP) is 5.02. The molecular weight excluding hydrogens is 428 g/mol. The zero-order valence-electron chi connectivity index (χ0n) is 20.0. The number of hydrogen-bond acceptors (Lipinski definition) is 4. The summed E-state index contributed by atoms with van der Waals surface area (Å²) in [7, 11) is 5.02. The minimum absolute atomic E-state index is 0.0777. The van der Waals surface area contributed by atoms with E-state index in [2.05, 4.69) is 6.92 Å². The first-order chi connectivity index (χ1) is 16.5. The summed E-state index contributed by atoms with van der Waals surface area (Å²) >= 11 is 0. The molecule has 1 saturated heterocycles. The van der Waals surface area contributed by atoms with Gasteiger partial charge in [-0.05, 0) is 60.0 Å². The van der Waals surface area contributed by atoms with Crippen LogP contribution in [0.5, 0.6) is 11.5 Å². The number of anilines is 2. The third-order valence-corrected chi connectivity index (χ3v) is 6.51. The summed E-state index contributed by atoms with van der Waals surface area (Å²) in [5.74, 6) is 0.742. The van der Waals surface area contributed by atoms with E-state index in [0.29, 0.717) is 5.75 Å². The largest absolute Gasteiger partial charge is 0.497 e. The van der Waals surface area contributed by atoms with Crippen LogP contribution in [0.2, 0.25) is 0 Å². The highest BCUT2D eigenvalue weighted by Crippen LogP contribution is 2.43. The average molecular weight is 459 g/mol. The number of carbonyl (C=O) groups is 2. The van der Waals surface area contributed by atoms with Gasteiger partial charge in [0, 0.05) is 24.8 Å². The van der Waals surface area contributed by atoms with Gasteiger partial charge in [-0.1, -0.05) is 37.3 Å². The number of amides is 2. The van der Waals surface area contributed by atoms with Crippen LogP contribution in [0.15, 0.2) is 72.8 Å². The van der Waals surface area contributed by atoms with E-state index in [1.807, 2.05) is 72.8 Å². The van der Waals surface area contributed by atoms with E-state index in [-0.39, 0.29) is 18.2 Å². The van der Waals surface area contributed by atoms with Gasteiger partial charge >= 0.3 is 0 Å². The standard InChI is InChI=1S/C28H30N2O4/c1-5-19-8-6-7-9-25(19)29(2)28(32)24-18-26(31)30(21-12-16-23(34-4)17-13-21)27(24)20-10-14-22(33-3)15-11-20/h6-17,24,27H,5,18H2,1-4H3/t24-,27+/m1/s1. The lowest BCUT2D eigenvalue weighted by Crippen LogP contribution is -2.37. The highest BCUT2D eigenvalue weighted by molar-refractivity contribution is 6.05. The van der Waals surface area contributed by atoms with Crippen LogP contribution in [0.3, 0.4) is 0 Å². The molecule has 0 aromatic heterocycles.